The number of ether oxygens (including phenoxy) is 1. The third-order valence-electron chi connectivity index (χ3n) is 2.58. The van der Waals surface area contributed by atoms with E-state index >= 15 is 0 Å². The van der Waals surface area contributed by atoms with Gasteiger partial charge in [0.1, 0.15) is 0 Å². The molecular formula is C9H13N7OS. The zero-order valence-corrected chi connectivity index (χ0v) is 10.8. The van der Waals surface area contributed by atoms with Crippen molar-refractivity contribution in [2.24, 2.45) is 0 Å². The first kappa shape index (κ1) is 11.6. The Kier molecular flexibility index (Phi) is 3.24. The Morgan fingerprint density at radius 2 is 1.94 bits per heavy atom. The van der Waals surface area contributed by atoms with E-state index in [1.54, 1.807) is 16.3 Å². The number of aromatic nitrogens is 6. The minimum absolute atomic E-state index is 0.433. The molecule has 1 aliphatic heterocycles. The predicted molar refractivity (Wildman–Crippen MR) is 65.8 cm³/mol. The zero-order chi connectivity index (χ0) is 12.4. The highest BCUT2D eigenvalue weighted by Crippen LogP contribution is 2.15. The summed E-state index contributed by atoms with van der Waals surface area (Å²) < 4.78 is 6.95. The van der Waals surface area contributed by atoms with Crippen LogP contribution in [0.4, 0.5) is 5.95 Å². The second-order valence-electron chi connectivity index (χ2n) is 3.73. The second-order valence-corrected chi connectivity index (χ2v) is 4.96. The van der Waals surface area contributed by atoms with Gasteiger partial charge in [-0.1, -0.05) is 18.7 Å². The van der Waals surface area contributed by atoms with Crippen molar-refractivity contribution in [3.63, 3.8) is 0 Å². The van der Waals surface area contributed by atoms with Gasteiger partial charge in [0.2, 0.25) is 5.16 Å². The molecule has 9 heteroatoms. The van der Waals surface area contributed by atoms with E-state index in [1.807, 2.05) is 0 Å². The maximum atomic E-state index is 5.30. The molecule has 2 aromatic heterocycles. The fraction of sp³-hybridized carbons (Fsp3) is 0.667. The molecule has 8 nitrogen and oxygen atoms in total. The van der Waals surface area contributed by atoms with E-state index < -0.39 is 0 Å². The maximum absolute atomic E-state index is 5.30. The molecule has 0 saturated carbocycles. The largest absolute Gasteiger partial charge is 0.378 e. The summed E-state index contributed by atoms with van der Waals surface area (Å²) in [7, 11) is 0. The van der Waals surface area contributed by atoms with Crippen LogP contribution in [-0.2, 0) is 4.74 Å². The summed E-state index contributed by atoms with van der Waals surface area (Å²) in [4.78, 5) is 2.05. The highest BCUT2D eigenvalue weighted by molar-refractivity contribution is 7.99. The van der Waals surface area contributed by atoms with E-state index in [0.29, 0.717) is 24.9 Å². The van der Waals surface area contributed by atoms with Crippen LogP contribution in [0.5, 0.6) is 0 Å². The van der Waals surface area contributed by atoms with E-state index in [0.717, 1.165) is 24.0 Å². The molecule has 1 aliphatic rings. The van der Waals surface area contributed by atoms with Crippen LogP contribution < -0.4 is 4.90 Å². The quantitative estimate of drug-likeness (QED) is 0.711. The first-order valence-corrected chi connectivity index (χ1v) is 6.78. The number of hydrogen-bond donors (Lipinski definition) is 0. The number of hydrogen-bond acceptors (Lipinski definition) is 8. The highest BCUT2D eigenvalue weighted by Gasteiger charge is 2.17. The number of rotatable bonds is 3. The predicted octanol–water partition coefficient (Wildman–Crippen LogP) is -0.137. The van der Waals surface area contributed by atoms with Crippen LogP contribution in [0.1, 0.15) is 6.92 Å². The van der Waals surface area contributed by atoms with E-state index in [-0.39, 0.29) is 0 Å². The molecule has 0 atom stereocenters. The SMILES string of the molecule is CCSc1nnc2nnc(N3CCOCC3)nn12. The van der Waals surface area contributed by atoms with Gasteiger partial charge in [0.15, 0.2) is 0 Å². The van der Waals surface area contributed by atoms with Gasteiger partial charge < -0.3 is 9.64 Å². The van der Waals surface area contributed by atoms with Crippen molar-refractivity contribution < 1.29 is 4.74 Å². The number of thioether (sulfide) groups is 1. The standard InChI is InChI=1S/C9H13N7OS/c1-2-18-9-13-11-7-10-12-8(14-16(7)9)15-3-5-17-6-4-15/h2-6H2,1H3. The first-order valence-electron chi connectivity index (χ1n) is 5.80. The molecule has 1 saturated heterocycles. The molecule has 18 heavy (non-hydrogen) atoms. The monoisotopic (exact) mass is 267 g/mol. The average Bonchev–Trinajstić information content (AvgIpc) is 2.83. The highest BCUT2D eigenvalue weighted by atomic mass is 32.2. The molecule has 0 unspecified atom stereocenters. The van der Waals surface area contributed by atoms with Gasteiger partial charge in [0.25, 0.3) is 11.7 Å². The van der Waals surface area contributed by atoms with Crippen LogP contribution in [0.3, 0.4) is 0 Å². The minimum atomic E-state index is 0.433. The molecule has 0 aromatic carbocycles. The first-order chi connectivity index (χ1) is 8.88. The van der Waals surface area contributed by atoms with Crippen LogP contribution in [0.2, 0.25) is 0 Å². The average molecular weight is 267 g/mol. The normalized spacial score (nSPS) is 16.4. The van der Waals surface area contributed by atoms with Crippen LogP contribution >= 0.6 is 11.8 Å². The van der Waals surface area contributed by atoms with Gasteiger partial charge in [-0.2, -0.15) is 4.52 Å². The molecule has 0 radical (unpaired) electrons. The Bertz CT molecular complexity index is 539. The lowest BCUT2D eigenvalue weighted by Gasteiger charge is -2.25. The van der Waals surface area contributed by atoms with Crippen LogP contribution in [0, 0.1) is 0 Å². The van der Waals surface area contributed by atoms with Gasteiger partial charge in [-0.05, 0) is 5.75 Å². The van der Waals surface area contributed by atoms with Crippen molar-refractivity contribution in [3.05, 3.63) is 0 Å². The molecule has 0 spiro atoms. The summed E-state index contributed by atoms with van der Waals surface area (Å²) in [6.45, 7) is 5.01. The molecule has 0 aliphatic carbocycles. The molecular weight excluding hydrogens is 254 g/mol. The number of anilines is 1. The lowest BCUT2D eigenvalue weighted by molar-refractivity contribution is 0.121. The van der Waals surface area contributed by atoms with Gasteiger partial charge in [0.05, 0.1) is 13.2 Å². The Hall–Kier alpha value is -1.48. The lowest BCUT2D eigenvalue weighted by Crippen LogP contribution is -2.37. The maximum Gasteiger partial charge on any atom is 0.291 e. The number of fused-ring (bicyclic) bond motifs is 1. The van der Waals surface area contributed by atoms with E-state index in [4.69, 9.17) is 4.74 Å². The van der Waals surface area contributed by atoms with Gasteiger partial charge >= 0.3 is 0 Å². The molecule has 3 rings (SSSR count). The van der Waals surface area contributed by atoms with Gasteiger partial charge in [-0.15, -0.1) is 25.5 Å². The Balaban J connectivity index is 1.95. The fourth-order valence-corrected chi connectivity index (χ4v) is 2.32. The van der Waals surface area contributed by atoms with Crippen molar-refractivity contribution in [1.29, 1.82) is 0 Å². The van der Waals surface area contributed by atoms with Crippen molar-refractivity contribution in [1.82, 2.24) is 30.0 Å². The number of nitrogens with zero attached hydrogens (tertiary/aromatic N) is 7. The van der Waals surface area contributed by atoms with E-state index in [2.05, 4.69) is 37.3 Å². The molecule has 3 heterocycles. The topological polar surface area (TPSA) is 81.3 Å². The molecule has 0 N–H and O–H groups in total. The summed E-state index contributed by atoms with van der Waals surface area (Å²) in [5, 5.41) is 21.3. The lowest BCUT2D eigenvalue weighted by atomic mass is 10.4. The molecule has 96 valence electrons. The summed E-state index contributed by atoms with van der Waals surface area (Å²) in [5.41, 5.74) is 0. The second kappa shape index (κ2) is 5.02. The Morgan fingerprint density at radius 1 is 1.17 bits per heavy atom. The van der Waals surface area contributed by atoms with Crippen LogP contribution in [0.25, 0.3) is 5.78 Å². The summed E-state index contributed by atoms with van der Waals surface area (Å²) >= 11 is 1.58. The molecule has 0 amide bonds. The van der Waals surface area contributed by atoms with Crippen molar-refractivity contribution in [3.8, 4) is 0 Å². The van der Waals surface area contributed by atoms with Gasteiger partial charge in [-0.3, -0.25) is 0 Å². The third-order valence-corrected chi connectivity index (χ3v) is 3.38. The van der Waals surface area contributed by atoms with Crippen molar-refractivity contribution in [2.75, 3.05) is 37.0 Å². The Labute approximate surface area is 108 Å². The van der Waals surface area contributed by atoms with Crippen molar-refractivity contribution in [2.45, 2.75) is 12.1 Å². The summed E-state index contributed by atoms with van der Waals surface area (Å²) in [6, 6.07) is 0. The number of morpholine rings is 1. The zero-order valence-electron chi connectivity index (χ0n) is 9.98. The molecule has 2 aromatic rings. The fourth-order valence-electron chi connectivity index (χ4n) is 1.72. The smallest absolute Gasteiger partial charge is 0.291 e. The van der Waals surface area contributed by atoms with Crippen LogP contribution in [-0.4, -0.2) is 62.1 Å². The van der Waals surface area contributed by atoms with Crippen molar-refractivity contribution >= 4 is 23.5 Å². The molecule has 1 fully saturated rings. The van der Waals surface area contributed by atoms with Gasteiger partial charge in [0, 0.05) is 13.1 Å². The summed E-state index contributed by atoms with van der Waals surface area (Å²) in [6.07, 6.45) is 0. The Morgan fingerprint density at radius 3 is 2.72 bits per heavy atom. The minimum Gasteiger partial charge on any atom is -0.378 e. The van der Waals surface area contributed by atoms with Gasteiger partial charge in [-0.25, -0.2) is 0 Å². The third kappa shape index (κ3) is 2.10. The summed E-state index contributed by atoms with van der Waals surface area (Å²) in [5.74, 6) is 1.95. The van der Waals surface area contributed by atoms with E-state index in [1.165, 1.54) is 0 Å². The van der Waals surface area contributed by atoms with Crippen LogP contribution in [0.15, 0.2) is 5.16 Å². The van der Waals surface area contributed by atoms with E-state index in [9.17, 15) is 0 Å². The molecule has 0 bridgehead atoms.